The zero-order valence-electron chi connectivity index (χ0n) is 15.9. The smallest absolute Gasteiger partial charge is 0.415 e. The highest BCUT2D eigenvalue weighted by atomic mass is 16.6. The second kappa shape index (κ2) is 6.63. The van der Waals surface area contributed by atoms with E-state index in [2.05, 4.69) is 0 Å². The van der Waals surface area contributed by atoms with Crippen LogP contribution in [0.15, 0.2) is 41.6 Å². The minimum Gasteiger partial charge on any atom is -0.463 e. The van der Waals surface area contributed by atoms with Crippen molar-refractivity contribution in [3.8, 4) is 0 Å². The third kappa shape index (κ3) is 3.14. The minimum atomic E-state index is -0.621. The maximum absolute atomic E-state index is 13.0. The Morgan fingerprint density at radius 2 is 1.88 bits per heavy atom. The lowest BCUT2D eigenvalue weighted by atomic mass is 9.82. The molecule has 0 spiro atoms. The summed E-state index contributed by atoms with van der Waals surface area (Å²) in [6, 6.07) is 7.61. The Kier molecular flexibility index (Phi) is 4.65. The lowest BCUT2D eigenvalue weighted by Crippen LogP contribution is -2.37. The van der Waals surface area contributed by atoms with Crippen LogP contribution in [0.2, 0.25) is 0 Å². The first-order chi connectivity index (χ1) is 12.2. The second-order valence-electron chi connectivity index (χ2n) is 7.53. The number of benzene rings is 1. The van der Waals surface area contributed by atoms with Gasteiger partial charge in [-0.1, -0.05) is 36.4 Å². The molecule has 1 aliphatic heterocycles. The van der Waals surface area contributed by atoms with Gasteiger partial charge < -0.3 is 9.47 Å². The molecule has 2 atom stereocenters. The van der Waals surface area contributed by atoms with Crippen LogP contribution in [0, 0.1) is 5.92 Å². The average Bonchev–Trinajstić information content (AvgIpc) is 2.86. The van der Waals surface area contributed by atoms with Gasteiger partial charge >= 0.3 is 12.1 Å². The molecule has 5 heteroatoms. The summed E-state index contributed by atoms with van der Waals surface area (Å²) >= 11 is 0. The van der Waals surface area contributed by atoms with Crippen LogP contribution in [0.4, 0.5) is 4.79 Å². The van der Waals surface area contributed by atoms with Crippen LogP contribution in [0.1, 0.15) is 51.8 Å². The van der Waals surface area contributed by atoms with Gasteiger partial charge in [-0.3, -0.25) is 4.90 Å². The van der Waals surface area contributed by atoms with Gasteiger partial charge in [0.25, 0.3) is 0 Å². The van der Waals surface area contributed by atoms with Gasteiger partial charge in [-0.05, 0) is 45.7 Å². The van der Waals surface area contributed by atoms with E-state index in [4.69, 9.17) is 9.47 Å². The number of ether oxygens (including phenoxy) is 2. The summed E-state index contributed by atoms with van der Waals surface area (Å²) in [7, 11) is 0. The molecule has 1 amide bonds. The fourth-order valence-electron chi connectivity index (χ4n) is 3.63. The maximum Gasteiger partial charge on any atom is 0.415 e. The minimum absolute atomic E-state index is 0.239. The van der Waals surface area contributed by atoms with Crippen molar-refractivity contribution >= 4 is 18.1 Å². The van der Waals surface area contributed by atoms with Gasteiger partial charge in [0.1, 0.15) is 5.60 Å². The lowest BCUT2D eigenvalue weighted by molar-refractivity contribution is -0.139. The number of esters is 1. The molecule has 1 heterocycles. The van der Waals surface area contributed by atoms with Gasteiger partial charge in [-0.25, -0.2) is 9.59 Å². The molecule has 26 heavy (non-hydrogen) atoms. The molecular formula is C21H25NO4. The summed E-state index contributed by atoms with van der Waals surface area (Å²) in [6.07, 6.45) is 3.53. The van der Waals surface area contributed by atoms with E-state index < -0.39 is 11.7 Å². The predicted molar refractivity (Wildman–Crippen MR) is 99.1 cm³/mol. The van der Waals surface area contributed by atoms with Crippen molar-refractivity contribution in [2.24, 2.45) is 5.92 Å². The summed E-state index contributed by atoms with van der Waals surface area (Å²) in [4.78, 5) is 27.1. The van der Waals surface area contributed by atoms with Crippen molar-refractivity contribution in [2.45, 2.75) is 46.3 Å². The predicted octanol–water partition coefficient (Wildman–Crippen LogP) is 4.46. The van der Waals surface area contributed by atoms with Gasteiger partial charge in [-0.2, -0.15) is 0 Å². The molecular weight excluding hydrogens is 330 g/mol. The van der Waals surface area contributed by atoms with E-state index in [1.807, 2.05) is 57.2 Å². The first kappa shape index (κ1) is 18.2. The molecule has 1 aromatic rings. The van der Waals surface area contributed by atoms with E-state index >= 15 is 0 Å². The highest BCUT2D eigenvalue weighted by molar-refractivity contribution is 5.93. The molecule has 2 aliphatic rings. The third-order valence-electron chi connectivity index (χ3n) is 4.59. The molecule has 1 aromatic carbocycles. The summed E-state index contributed by atoms with van der Waals surface area (Å²) in [5, 5.41) is 0. The normalized spacial score (nSPS) is 21.3. The van der Waals surface area contributed by atoms with Crippen LogP contribution < -0.4 is 0 Å². The van der Waals surface area contributed by atoms with E-state index in [1.54, 1.807) is 18.7 Å². The number of carbonyl (C=O) groups is 2. The van der Waals surface area contributed by atoms with Crippen LogP contribution in [0.5, 0.6) is 0 Å². The number of fused-ring (bicyclic) bond motifs is 3. The Labute approximate surface area is 154 Å². The van der Waals surface area contributed by atoms with Gasteiger partial charge in [0.05, 0.1) is 18.2 Å². The third-order valence-corrected chi connectivity index (χ3v) is 4.59. The Hall–Kier alpha value is -2.56. The lowest BCUT2D eigenvalue weighted by Gasteiger charge is -2.33. The van der Waals surface area contributed by atoms with Crippen molar-refractivity contribution in [3.05, 3.63) is 52.7 Å². The number of nitrogens with zero attached hydrogens (tertiary/aromatic N) is 1. The summed E-state index contributed by atoms with van der Waals surface area (Å²) < 4.78 is 10.9. The fraction of sp³-hybridized carbons (Fsp3) is 0.429. The number of hydrogen-bond acceptors (Lipinski definition) is 4. The molecule has 1 aliphatic carbocycles. The molecule has 0 fully saturated rings. The standard InChI is InChI=1S/C21H25NO4/c1-6-25-19(23)17-13(2)22(20(24)26-21(3,4)5)18-15-10-8-7-9-14(15)11-12-16(17)18/h7-12,16,18H,6H2,1-5H3/t16-,18-/m0/s1. The fourth-order valence-corrected chi connectivity index (χ4v) is 3.63. The first-order valence-electron chi connectivity index (χ1n) is 8.92. The van der Waals surface area contributed by atoms with Crippen LogP contribution in [-0.2, 0) is 14.3 Å². The molecule has 0 N–H and O–H groups in total. The summed E-state index contributed by atoms with van der Waals surface area (Å²) in [5.41, 5.74) is 2.54. The Morgan fingerprint density at radius 3 is 2.54 bits per heavy atom. The number of amides is 1. The van der Waals surface area contributed by atoms with Crippen molar-refractivity contribution in [3.63, 3.8) is 0 Å². The molecule has 138 valence electrons. The molecule has 5 nitrogen and oxygen atoms in total. The zero-order chi connectivity index (χ0) is 19.1. The maximum atomic E-state index is 13.0. The highest BCUT2D eigenvalue weighted by Gasteiger charge is 2.47. The number of hydrogen-bond donors (Lipinski definition) is 0. The largest absolute Gasteiger partial charge is 0.463 e. The van der Waals surface area contributed by atoms with Gasteiger partial charge in [-0.15, -0.1) is 0 Å². The monoisotopic (exact) mass is 355 g/mol. The molecule has 3 rings (SSSR count). The quantitative estimate of drug-likeness (QED) is 0.735. The zero-order valence-corrected chi connectivity index (χ0v) is 15.9. The van der Waals surface area contributed by atoms with Crippen LogP contribution in [0.3, 0.4) is 0 Å². The summed E-state index contributed by atoms with van der Waals surface area (Å²) in [5.74, 6) is -0.619. The van der Waals surface area contributed by atoms with E-state index in [1.165, 1.54) is 0 Å². The molecule has 0 bridgehead atoms. The Morgan fingerprint density at radius 1 is 1.19 bits per heavy atom. The Bertz CT molecular complexity index is 800. The molecule has 0 saturated carbocycles. The van der Waals surface area contributed by atoms with Crippen molar-refractivity contribution in [2.75, 3.05) is 6.61 Å². The topological polar surface area (TPSA) is 55.8 Å². The van der Waals surface area contributed by atoms with E-state index in [0.717, 1.165) is 11.1 Å². The number of carbonyl (C=O) groups excluding carboxylic acids is 2. The number of rotatable bonds is 2. The van der Waals surface area contributed by atoms with Gasteiger partial charge in [0, 0.05) is 11.6 Å². The van der Waals surface area contributed by atoms with Crippen LogP contribution in [0.25, 0.3) is 6.08 Å². The van der Waals surface area contributed by atoms with Crippen LogP contribution in [-0.4, -0.2) is 29.2 Å². The van der Waals surface area contributed by atoms with Gasteiger partial charge in [0.2, 0.25) is 0 Å². The molecule has 0 aromatic heterocycles. The molecule has 0 radical (unpaired) electrons. The van der Waals surface area contributed by atoms with E-state index in [0.29, 0.717) is 17.9 Å². The summed E-state index contributed by atoms with van der Waals surface area (Å²) in [6.45, 7) is 9.35. The molecule has 0 saturated heterocycles. The van der Waals surface area contributed by atoms with E-state index in [-0.39, 0.29) is 17.9 Å². The van der Waals surface area contributed by atoms with Gasteiger partial charge in [0.15, 0.2) is 0 Å². The average molecular weight is 355 g/mol. The van der Waals surface area contributed by atoms with Crippen molar-refractivity contribution in [1.82, 2.24) is 4.90 Å². The Balaban J connectivity index is 2.09. The highest BCUT2D eigenvalue weighted by Crippen LogP contribution is 2.49. The second-order valence-corrected chi connectivity index (χ2v) is 7.53. The first-order valence-corrected chi connectivity index (χ1v) is 8.92. The van der Waals surface area contributed by atoms with E-state index in [9.17, 15) is 9.59 Å². The SMILES string of the molecule is CCOC(=O)C1=C(C)N(C(=O)OC(C)(C)C)[C@H]2c3ccccc3C=C[C@@H]12. The number of allylic oxidation sites excluding steroid dienone is 1. The van der Waals surface area contributed by atoms with Crippen molar-refractivity contribution < 1.29 is 19.1 Å². The molecule has 0 unspecified atom stereocenters. The van der Waals surface area contributed by atoms with Crippen molar-refractivity contribution in [1.29, 1.82) is 0 Å². The van der Waals surface area contributed by atoms with Crippen LogP contribution >= 0.6 is 0 Å².